The number of nitrogens with zero attached hydrogens (tertiary/aromatic N) is 2. The Hall–Kier alpha value is -3.66. The maximum atomic E-state index is 6.61. The summed E-state index contributed by atoms with van der Waals surface area (Å²) in [5.74, 6) is 1.34. The van der Waals surface area contributed by atoms with Gasteiger partial charge in [0.25, 0.3) is 0 Å². The van der Waals surface area contributed by atoms with E-state index in [0.29, 0.717) is 11.8 Å². The predicted molar refractivity (Wildman–Crippen MR) is 152 cm³/mol. The van der Waals surface area contributed by atoms with Crippen molar-refractivity contribution in [2.75, 3.05) is 0 Å². The van der Waals surface area contributed by atoms with Crippen LogP contribution >= 0.6 is 0 Å². The highest BCUT2D eigenvalue weighted by atomic mass is 16.5. The SMILES string of the molecule is CC(C)(C1=N[C@H](c2cccc3ccccc23)C(C)(C)O1)C1=N[C@H](c2cccc3ccccc23)C(C)(C)O1. The molecule has 6 rings (SSSR count). The molecule has 37 heavy (non-hydrogen) atoms. The third-order valence-electron chi connectivity index (χ3n) is 7.83. The molecule has 188 valence electrons. The van der Waals surface area contributed by atoms with Gasteiger partial charge >= 0.3 is 0 Å². The highest BCUT2D eigenvalue weighted by Crippen LogP contribution is 2.47. The molecule has 0 amide bonds. The highest BCUT2D eigenvalue weighted by molar-refractivity contribution is 6.06. The minimum Gasteiger partial charge on any atom is -0.472 e. The molecule has 4 nitrogen and oxygen atoms in total. The molecule has 0 spiro atoms. The van der Waals surface area contributed by atoms with Crippen molar-refractivity contribution in [3.8, 4) is 0 Å². The molecule has 4 heteroatoms. The largest absolute Gasteiger partial charge is 0.472 e. The molecule has 0 saturated carbocycles. The molecule has 4 aromatic carbocycles. The zero-order valence-electron chi connectivity index (χ0n) is 22.4. The van der Waals surface area contributed by atoms with Gasteiger partial charge in [-0.3, -0.25) is 0 Å². The van der Waals surface area contributed by atoms with E-state index < -0.39 is 16.6 Å². The van der Waals surface area contributed by atoms with Crippen LogP contribution in [0.3, 0.4) is 0 Å². The molecular weight excluding hydrogens is 456 g/mol. The lowest BCUT2D eigenvalue weighted by atomic mass is 9.89. The van der Waals surface area contributed by atoms with Gasteiger partial charge in [-0.25, -0.2) is 9.98 Å². The molecule has 0 aromatic heterocycles. The molecule has 0 radical (unpaired) electrons. The van der Waals surface area contributed by atoms with Gasteiger partial charge in [-0.15, -0.1) is 0 Å². The Kier molecular flexibility index (Phi) is 5.24. The van der Waals surface area contributed by atoms with Crippen molar-refractivity contribution >= 4 is 33.3 Å². The van der Waals surface area contributed by atoms with Gasteiger partial charge in [-0.05, 0) is 74.2 Å². The molecule has 2 aliphatic heterocycles. The second-order valence-electron chi connectivity index (χ2n) is 11.8. The van der Waals surface area contributed by atoms with Crippen molar-refractivity contribution in [2.45, 2.75) is 64.8 Å². The number of rotatable bonds is 4. The first-order valence-electron chi connectivity index (χ1n) is 13.1. The summed E-state index contributed by atoms with van der Waals surface area (Å²) in [6.45, 7) is 12.7. The van der Waals surface area contributed by atoms with Crippen LogP contribution in [0.4, 0.5) is 0 Å². The second-order valence-corrected chi connectivity index (χ2v) is 11.8. The molecule has 0 saturated heterocycles. The summed E-state index contributed by atoms with van der Waals surface area (Å²) in [6, 6.07) is 29.5. The fraction of sp³-hybridized carbons (Fsp3) is 0.333. The van der Waals surface area contributed by atoms with Gasteiger partial charge in [-0.2, -0.15) is 0 Å². The smallest absolute Gasteiger partial charge is 0.199 e. The third-order valence-corrected chi connectivity index (χ3v) is 7.83. The first kappa shape index (κ1) is 23.7. The van der Waals surface area contributed by atoms with Crippen LogP contribution in [0, 0.1) is 5.41 Å². The number of fused-ring (bicyclic) bond motifs is 2. The van der Waals surface area contributed by atoms with E-state index in [-0.39, 0.29) is 12.1 Å². The van der Waals surface area contributed by atoms with E-state index in [2.05, 4.69) is 126 Å². The average molecular weight is 491 g/mol. The van der Waals surface area contributed by atoms with Gasteiger partial charge in [0.2, 0.25) is 0 Å². The van der Waals surface area contributed by atoms with E-state index in [1.54, 1.807) is 0 Å². The van der Waals surface area contributed by atoms with Gasteiger partial charge in [0.15, 0.2) is 11.8 Å². The van der Waals surface area contributed by atoms with E-state index in [4.69, 9.17) is 19.5 Å². The van der Waals surface area contributed by atoms with Crippen molar-refractivity contribution in [3.63, 3.8) is 0 Å². The number of hydrogen-bond donors (Lipinski definition) is 0. The zero-order chi connectivity index (χ0) is 26.0. The van der Waals surface area contributed by atoms with Crippen LogP contribution in [0.15, 0.2) is 94.9 Å². The normalized spacial score (nSPS) is 22.4. The van der Waals surface area contributed by atoms with E-state index >= 15 is 0 Å². The molecule has 2 atom stereocenters. The van der Waals surface area contributed by atoms with Gasteiger partial charge in [-0.1, -0.05) is 84.9 Å². The van der Waals surface area contributed by atoms with Crippen LogP contribution in [0.5, 0.6) is 0 Å². The summed E-state index contributed by atoms with van der Waals surface area (Å²) in [5.41, 5.74) is 0.739. The lowest BCUT2D eigenvalue weighted by molar-refractivity contribution is 0.0737. The number of aliphatic imine (C=N–C) groups is 2. The summed E-state index contributed by atoms with van der Waals surface area (Å²) in [4.78, 5) is 10.4. The van der Waals surface area contributed by atoms with Crippen LogP contribution in [0.1, 0.15) is 64.8 Å². The molecule has 0 unspecified atom stereocenters. The fourth-order valence-corrected chi connectivity index (χ4v) is 5.74. The first-order valence-corrected chi connectivity index (χ1v) is 13.1. The van der Waals surface area contributed by atoms with E-state index in [0.717, 1.165) is 0 Å². The Balaban J connectivity index is 1.41. The van der Waals surface area contributed by atoms with E-state index in [9.17, 15) is 0 Å². The lowest BCUT2D eigenvalue weighted by Gasteiger charge is -2.31. The topological polar surface area (TPSA) is 43.2 Å². The minimum atomic E-state index is -0.618. The van der Waals surface area contributed by atoms with Crippen molar-refractivity contribution in [2.24, 2.45) is 15.4 Å². The summed E-state index contributed by atoms with van der Waals surface area (Å²) in [6.07, 6.45) is 0. The Morgan fingerprint density at radius 1 is 0.568 bits per heavy atom. The van der Waals surface area contributed by atoms with Crippen molar-refractivity contribution < 1.29 is 9.47 Å². The Bertz CT molecular complexity index is 1450. The van der Waals surface area contributed by atoms with E-state index in [1.807, 2.05) is 0 Å². The molecule has 2 aliphatic rings. The maximum absolute atomic E-state index is 6.61. The fourth-order valence-electron chi connectivity index (χ4n) is 5.74. The van der Waals surface area contributed by atoms with Crippen molar-refractivity contribution in [1.82, 2.24) is 0 Å². The third kappa shape index (κ3) is 3.81. The molecule has 0 bridgehead atoms. The molecule has 0 fully saturated rings. The van der Waals surface area contributed by atoms with Gasteiger partial charge in [0.1, 0.15) is 28.7 Å². The Morgan fingerprint density at radius 3 is 1.38 bits per heavy atom. The summed E-state index contributed by atoms with van der Waals surface area (Å²) < 4.78 is 13.2. The highest BCUT2D eigenvalue weighted by Gasteiger charge is 2.51. The predicted octanol–water partition coefficient (Wildman–Crippen LogP) is 8.22. The molecule has 4 aromatic rings. The van der Waals surface area contributed by atoms with Crippen LogP contribution in [0.25, 0.3) is 21.5 Å². The zero-order valence-corrected chi connectivity index (χ0v) is 22.4. The Labute approximate surface area is 219 Å². The molecule has 2 heterocycles. The number of ether oxygens (including phenoxy) is 2. The standard InChI is InChI=1S/C33H34N2O2/c1-31(2,29-34-27(32(3,4)36-29)25-19-11-15-21-13-7-9-17-23(21)25)30-35-28(33(5,6)37-30)26-20-12-16-22-14-8-10-18-24(22)26/h7-20,27-28H,1-6H3/t27-,28-/m1/s1. The lowest BCUT2D eigenvalue weighted by Crippen LogP contribution is -2.39. The first-order chi connectivity index (χ1) is 17.6. The van der Waals surface area contributed by atoms with Crippen molar-refractivity contribution in [3.05, 3.63) is 96.1 Å². The van der Waals surface area contributed by atoms with Crippen LogP contribution in [-0.2, 0) is 9.47 Å². The maximum Gasteiger partial charge on any atom is 0.199 e. The van der Waals surface area contributed by atoms with Crippen LogP contribution < -0.4 is 0 Å². The van der Waals surface area contributed by atoms with Gasteiger partial charge in [0.05, 0.1) is 0 Å². The van der Waals surface area contributed by atoms with Gasteiger partial charge in [0, 0.05) is 0 Å². The summed E-state index contributed by atoms with van der Waals surface area (Å²) in [5, 5.41) is 4.84. The van der Waals surface area contributed by atoms with Crippen molar-refractivity contribution in [1.29, 1.82) is 0 Å². The van der Waals surface area contributed by atoms with E-state index in [1.165, 1.54) is 32.7 Å². The van der Waals surface area contributed by atoms with Crippen LogP contribution in [0.2, 0.25) is 0 Å². The number of benzene rings is 4. The molecule has 0 aliphatic carbocycles. The summed E-state index contributed by atoms with van der Waals surface area (Å²) in [7, 11) is 0. The average Bonchev–Trinajstić information content (AvgIpc) is 3.38. The minimum absolute atomic E-state index is 0.128. The Morgan fingerprint density at radius 2 is 0.946 bits per heavy atom. The quantitative estimate of drug-likeness (QED) is 0.289. The molecular formula is C33H34N2O2. The number of hydrogen-bond acceptors (Lipinski definition) is 4. The molecule has 0 N–H and O–H groups in total. The van der Waals surface area contributed by atoms with Crippen LogP contribution in [-0.4, -0.2) is 23.0 Å². The summed E-state index contributed by atoms with van der Waals surface area (Å²) >= 11 is 0. The monoisotopic (exact) mass is 490 g/mol. The van der Waals surface area contributed by atoms with Gasteiger partial charge < -0.3 is 9.47 Å². The second kappa shape index (κ2) is 8.17.